The van der Waals surface area contributed by atoms with E-state index in [4.69, 9.17) is 16.7 Å². The van der Waals surface area contributed by atoms with Gasteiger partial charge in [0.1, 0.15) is 0 Å². The van der Waals surface area contributed by atoms with Crippen molar-refractivity contribution in [3.63, 3.8) is 0 Å². The number of thiophene rings is 1. The van der Waals surface area contributed by atoms with Crippen LogP contribution in [0, 0.1) is 5.92 Å². The van der Waals surface area contributed by atoms with Crippen LogP contribution < -0.4 is 0 Å². The molecule has 0 atom stereocenters. The fourth-order valence-electron chi connectivity index (χ4n) is 1.58. The van der Waals surface area contributed by atoms with Crippen molar-refractivity contribution in [2.45, 2.75) is 6.54 Å². The number of halogens is 1. The van der Waals surface area contributed by atoms with Crippen LogP contribution in [0.1, 0.15) is 4.88 Å². The second-order valence-corrected chi connectivity index (χ2v) is 5.25. The summed E-state index contributed by atoms with van der Waals surface area (Å²) in [5.74, 6) is 0.496. The molecular weight excluding hydrogens is 206 g/mol. The summed E-state index contributed by atoms with van der Waals surface area (Å²) in [7, 11) is 0. The lowest BCUT2D eigenvalue weighted by atomic mass is 10.0. The van der Waals surface area contributed by atoms with Crippen molar-refractivity contribution in [2.24, 2.45) is 5.92 Å². The molecule has 4 heteroatoms. The zero-order chi connectivity index (χ0) is 9.26. The largest absolute Gasteiger partial charge is 0.396 e. The van der Waals surface area contributed by atoms with E-state index in [-0.39, 0.29) is 0 Å². The number of aliphatic hydroxyl groups excluding tert-OH is 1. The van der Waals surface area contributed by atoms with Gasteiger partial charge in [-0.15, -0.1) is 11.3 Å². The predicted molar refractivity (Wildman–Crippen MR) is 55.2 cm³/mol. The highest BCUT2D eigenvalue weighted by Crippen LogP contribution is 2.25. The third-order valence-corrected chi connectivity index (χ3v) is 3.52. The Labute approximate surface area is 86.7 Å². The molecule has 13 heavy (non-hydrogen) atoms. The predicted octanol–water partition coefficient (Wildman–Crippen LogP) is 1.83. The molecule has 0 spiro atoms. The Morgan fingerprint density at radius 2 is 2.31 bits per heavy atom. The average molecular weight is 218 g/mol. The van der Waals surface area contributed by atoms with Crippen LogP contribution in [0.15, 0.2) is 12.1 Å². The van der Waals surface area contributed by atoms with Crippen molar-refractivity contribution >= 4 is 22.9 Å². The van der Waals surface area contributed by atoms with Gasteiger partial charge in [-0.25, -0.2) is 0 Å². The number of aliphatic hydroxyl groups is 1. The SMILES string of the molecule is OCC1CN(Cc2ccc(Cl)s2)C1. The van der Waals surface area contributed by atoms with Crippen LogP contribution in [0.5, 0.6) is 0 Å². The van der Waals surface area contributed by atoms with Crippen LogP contribution in [0.3, 0.4) is 0 Å². The van der Waals surface area contributed by atoms with E-state index in [9.17, 15) is 0 Å². The number of nitrogens with zero attached hydrogens (tertiary/aromatic N) is 1. The Bertz CT molecular complexity index is 283. The first-order chi connectivity index (χ1) is 6.28. The highest BCUT2D eigenvalue weighted by molar-refractivity contribution is 7.16. The first kappa shape index (κ1) is 9.46. The van der Waals surface area contributed by atoms with Gasteiger partial charge in [0.2, 0.25) is 0 Å². The average Bonchev–Trinajstić information content (AvgIpc) is 2.43. The van der Waals surface area contributed by atoms with Crippen LogP contribution >= 0.6 is 22.9 Å². The molecule has 0 unspecified atom stereocenters. The Morgan fingerprint density at radius 3 is 2.85 bits per heavy atom. The Kier molecular flexibility index (Phi) is 2.89. The standard InChI is InChI=1S/C9H12ClNOS/c10-9-2-1-8(13-9)5-11-3-7(4-11)6-12/h1-2,7,12H,3-6H2. The van der Waals surface area contributed by atoms with Gasteiger partial charge in [0.05, 0.1) is 4.34 Å². The van der Waals surface area contributed by atoms with E-state index in [0.717, 1.165) is 24.0 Å². The van der Waals surface area contributed by atoms with Gasteiger partial charge in [-0.2, -0.15) is 0 Å². The van der Waals surface area contributed by atoms with Gasteiger partial charge in [0.15, 0.2) is 0 Å². The van der Waals surface area contributed by atoms with Crippen molar-refractivity contribution in [2.75, 3.05) is 19.7 Å². The molecule has 2 nitrogen and oxygen atoms in total. The minimum atomic E-state index is 0.321. The van der Waals surface area contributed by atoms with Gasteiger partial charge < -0.3 is 5.11 Å². The third-order valence-electron chi connectivity index (χ3n) is 2.30. The van der Waals surface area contributed by atoms with Crippen LogP contribution in [-0.2, 0) is 6.54 Å². The van der Waals surface area contributed by atoms with E-state index in [1.807, 2.05) is 6.07 Å². The number of hydrogen-bond acceptors (Lipinski definition) is 3. The Hall–Kier alpha value is -0.0900. The number of hydrogen-bond donors (Lipinski definition) is 1. The quantitative estimate of drug-likeness (QED) is 0.835. The maximum atomic E-state index is 8.83. The lowest BCUT2D eigenvalue weighted by Gasteiger charge is -2.37. The van der Waals surface area contributed by atoms with E-state index in [1.165, 1.54) is 4.88 Å². The van der Waals surface area contributed by atoms with Gasteiger partial charge in [0, 0.05) is 37.0 Å². The molecular formula is C9H12ClNOS. The third kappa shape index (κ3) is 2.23. The molecule has 1 aromatic rings. The Morgan fingerprint density at radius 1 is 1.54 bits per heavy atom. The smallest absolute Gasteiger partial charge is 0.0931 e. The van der Waals surface area contributed by atoms with E-state index in [2.05, 4.69) is 11.0 Å². The summed E-state index contributed by atoms with van der Waals surface area (Å²) in [6.45, 7) is 3.34. The molecule has 1 N–H and O–H groups in total. The molecule has 1 fully saturated rings. The zero-order valence-corrected chi connectivity index (χ0v) is 8.81. The molecule has 0 aromatic carbocycles. The summed E-state index contributed by atoms with van der Waals surface area (Å²) >= 11 is 7.46. The summed E-state index contributed by atoms with van der Waals surface area (Å²) < 4.78 is 0.856. The highest BCUT2D eigenvalue weighted by atomic mass is 35.5. The molecule has 2 rings (SSSR count). The van der Waals surface area contributed by atoms with Crippen LogP contribution in [0.4, 0.5) is 0 Å². The normalized spacial score (nSPS) is 18.9. The zero-order valence-electron chi connectivity index (χ0n) is 7.24. The fraction of sp³-hybridized carbons (Fsp3) is 0.556. The minimum absolute atomic E-state index is 0.321. The molecule has 72 valence electrons. The molecule has 1 aliphatic heterocycles. The van der Waals surface area contributed by atoms with Gasteiger partial charge >= 0.3 is 0 Å². The molecule has 0 saturated carbocycles. The van der Waals surface area contributed by atoms with Crippen LogP contribution in [-0.4, -0.2) is 29.7 Å². The monoisotopic (exact) mass is 217 g/mol. The molecule has 0 aliphatic carbocycles. The summed E-state index contributed by atoms with van der Waals surface area (Å²) in [6.07, 6.45) is 0. The second kappa shape index (κ2) is 3.96. The molecule has 2 heterocycles. The second-order valence-electron chi connectivity index (χ2n) is 3.45. The van der Waals surface area contributed by atoms with Crippen molar-refractivity contribution in [3.8, 4) is 0 Å². The maximum absolute atomic E-state index is 8.83. The Balaban J connectivity index is 1.81. The van der Waals surface area contributed by atoms with Crippen molar-refractivity contribution < 1.29 is 5.11 Å². The van der Waals surface area contributed by atoms with Gasteiger partial charge in [-0.1, -0.05) is 11.6 Å². The lowest BCUT2D eigenvalue weighted by Crippen LogP contribution is -2.47. The highest BCUT2D eigenvalue weighted by Gasteiger charge is 2.25. The number of rotatable bonds is 3. The van der Waals surface area contributed by atoms with E-state index < -0.39 is 0 Å². The van der Waals surface area contributed by atoms with Crippen LogP contribution in [0.2, 0.25) is 4.34 Å². The summed E-state index contributed by atoms with van der Waals surface area (Å²) in [6, 6.07) is 4.00. The molecule has 1 aliphatic rings. The van der Waals surface area contributed by atoms with E-state index >= 15 is 0 Å². The molecule has 1 aromatic heterocycles. The summed E-state index contributed by atoms with van der Waals surface area (Å²) in [5.41, 5.74) is 0. The van der Waals surface area contributed by atoms with E-state index in [1.54, 1.807) is 11.3 Å². The fourth-order valence-corrected chi connectivity index (χ4v) is 2.71. The summed E-state index contributed by atoms with van der Waals surface area (Å²) in [5, 5.41) is 8.83. The molecule has 0 amide bonds. The first-order valence-electron chi connectivity index (χ1n) is 4.35. The molecule has 0 radical (unpaired) electrons. The van der Waals surface area contributed by atoms with Gasteiger partial charge in [0.25, 0.3) is 0 Å². The maximum Gasteiger partial charge on any atom is 0.0931 e. The van der Waals surface area contributed by atoms with Crippen LogP contribution in [0.25, 0.3) is 0 Å². The lowest BCUT2D eigenvalue weighted by molar-refractivity contribution is 0.0487. The van der Waals surface area contributed by atoms with Crippen molar-refractivity contribution in [1.82, 2.24) is 4.90 Å². The minimum Gasteiger partial charge on any atom is -0.396 e. The van der Waals surface area contributed by atoms with Gasteiger partial charge in [-0.05, 0) is 12.1 Å². The van der Waals surface area contributed by atoms with Crippen molar-refractivity contribution in [3.05, 3.63) is 21.3 Å². The van der Waals surface area contributed by atoms with E-state index in [0.29, 0.717) is 12.5 Å². The summed E-state index contributed by atoms with van der Waals surface area (Å²) in [4.78, 5) is 3.63. The number of likely N-dealkylation sites (tertiary alicyclic amines) is 1. The topological polar surface area (TPSA) is 23.5 Å². The first-order valence-corrected chi connectivity index (χ1v) is 5.55. The van der Waals surface area contributed by atoms with Crippen molar-refractivity contribution in [1.29, 1.82) is 0 Å². The molecule has 1 saturated heterocycles. The van der Waals surface area contributed by atoms with Gasteiger partial charge in [-0.3, -0.25) is 4.90 Å². The molecule has 0 bridgehead atoms.